The first-order chi connectivity index (χ1) is 12.3. The number of nitrogens with one attached hydrogen (secondary N) is 1. The molecule has 3 N–H and O–H groups in total. The van der Waals surface area contributed by atoms with Gasteiger partial charge in [0.05, 0.1) is 0 Å². The third-order valence-corrected chi connectivity index (χ3v) is 4.84. The Balaban J connectivity index is 1.70. The van der Waals surface area contributed by atoms with E-state index < -0.39 is 0 Å². The van der Waals surface area contributed by atoms with Gasteiger partial charge >= 0.3 is 0 Å². The first kappa shape index (κ1) is 17.6. The van der Waals surface area contributed by atoms with E-state index in [9.17, 15) is 4.79 Å². The zero-order valence-electron chi connectivity index (χ0n) is 14.7. The van der Waals surface area contributed by atoms with Crippen LogP contribution in [0.2, 0.25) is 0 Å². The normalized spacial score (nSPS) is 16.8. The fraction of sp³-hybridized carbons (Fsp3) is 0.381. The van der Waals surface area contributed by atoms with Crippen molar-refractivity contribution in [2.45, 2.75) is 31.8 Å². The van der Waals surface area contributed by atoms with Crippen LogP contribution in [0.1, 0.15) is 34.3 Å². The van der Waals surface area contributed by atoms with Gasteiger partial charge in [0.25, 0.3) is 5.91 Å². The first-order valence-corrected chi connectivity index (χ1v) is 9.12. The van der Waals surface area contributed by atoms with Gasteiger partial charge < -0.3 is 16.0 Å². The molecule has 0 radical (unpaired) electrons. The Morgan fingerprint density at radius 2 is 1.84 bits per heavy atom. The molecule has 1 amide bonds. The van der Waals surface area contributed by atoms with Crippen LogP contribution < -0.4 is 11.1 Å². The summed E-state index contributed by atoms with van der Waals surface area (Å²) in [6, 6.07) is 18.4. The molecular weight excluding hydrogens is 310 g/mol. The number of hydrogen-bond acceptors (Lipinski definition) is 3. The van der Waals surface area contributed by atoms with E-state index in [1.807, 2.05) is 47.4 Å². The molecule has 1 heterocycles. The Kier molecular flexibility index (Phi) is 6.20. The van der Waals surface area contributed by atoms with Crippen LogP contribution >= 0.6 is 0 Å². The van der Waals surface area contributed by atoms with E-state index in [0.717, 1.165) is 43.6 Å². The van der Waals surface area contributed by atoms with Crippen LogP contribution in [0.25, 0.3) is 0 Å². The van der Waals surface area contributed by atoms with E-state index in [1.54, 1.807) is 0 Å². The largest absolute Gasteiger partial charge is 0.337 e. The van der Waals surface area contributed by atoms with Crippen molar-refractivity contribution in [3.05, 3.63) is 71.3 Å². The fourth-order valence-corrected chi connectivity index (χ4v) is 3.33. The molecule has 1 aliphatic rings. The number of carbonyl (C=O) groups is 1. The van der Waals surface area contributed by atoms with Gasteiger partial charge in [-0.25, -0.2) is 0 Å². The maximum atomic E-state index is 13.0. The second-order valence-corrected chi connectivity index (χ2v) is 6.68. The second kappa shape index (κ2) is 8.79. The SMILES string of the molecule is NCc1ccc(C(=O)N(CCc2ccccc2)C[C@@H]2CCCN2)cc1. The smallest absolute Gasteiger partial charge is 0.253 e. The molecule has 1 aliphatic heterocycles. The molecule has 0 saturated carbocycles. The number of nitrogens with two attached hydrogens (primary N) is 1. The Hall–Kier alpha value is -2.17. The first-order valence-electron chi connectivity index (χ1n) is 9.12. The number of rotatable bonds is 7. The third kappa shape index (κ3) is 4.91. The molecule has 0 bridgehead atoms. The molecule has 3 rings (SSSR count). The van der Waals surface area contributed by atoms with Gasteiger partial charge in [-0.15, -0.1) is 0 Å². The van der Waals surface area contributed by atoms with E-state index in [2.05, 4.69) is 17.4 Å². The molecule has 2 aromatic carbocycles. The number of amides is 1. The van der Waals surface area contributed by atoms with Gasteiger partial charge in [-0.2, -0.15) is 0 Å². The van der Waals surface area contributed by atoms with E-state index in [4.69, 9.17) is 5.73 Å². The maximum absolute atomic E-state index is 13.0. The summed E-state index contributed by atoms with van der Waals surface area (Å²) in [4.78, 5) is 15.0. The molecule has 4 nitrogen and oxygen atoms in total. The minimum atomic E-state index is 0.105. The summed E-state index contributed by atoms with van der Waals surface area (Å²) in [6.07, 6.45) is 3.21. The van der Waals surface area contributed by atoms with Crippen molar-refractivity contribution in [2.75, 3.05) is 19.6 Å². The number of hydrogen-bond donors (Lipinski definition) is 2. The van der Waals surface area contributed by atoms with Crippen LogP contribution in [0.4, 0.5) is 0 Å². The number of benzene rings is 2. The summed E-state index contributed by atoms with van der Waals surface area (Å²) in [5.74, 6) is 0.105. The highest BCUT2D eigenvalue weighted by Gasteiger charge is 2.22. The molecular formula is C21H27N3O. The predicted octanol–water partition coefficient (Wildman–Crippen LogP) is 2.58. The van der Waals surface area contributed by atoms with Gasteiger partial charge in [0.2, 0.25) is 0 Å². The predicted molar refractivity (Wildman–Crippen MR) is 101 cm³/mol. The van der Waals surface area contributed by atoms with Gasteiger partial charge in [0.15, 0.2) is 0 Å². The summed E-state index contributed by atoms with van der Waals surface area (Å²) in [7, 11) is 0. The van der Waals surface area contributed by atoms with E-state index >= 15 is 0 Å². The Morgan fingerprint density at radius 1 is 1.08 bits per heavy atom. The van der Waals surface area contributed by atoms with Gasteiger partial charge in [-0.1, -0.05) is 42.5 Å². The average Bonchev–Trinajstić information content (AvgIpc) is 3.18. The number of carbonyl (C=O) groups excluding carboxylic acids is 1. The van der Waals surface area contributed by atoms with Crippen molar-refractivity contribution < 1.29 is 4.79 Å². The highest BCUT2D eigenvalue weighted by atomic mass is 16.2. The van der Waals surface area contributed by atoms with Crippen molar-refractivity contribution in [1.82, 2.24) is 10.2 Å². The number of nitrogens with zero attached hydrogens (tertiary/aromatic N) is 1. The van der Waals surface area contributed by atoms with Crippen LogP contribution in [0.5, 0.6) is 0 Å². The minimum Gasteiger partial charge on any atom is -0.337 e. The van der Waals surface area contributed by atoms with Gasteiger partial charge in [-0.3, -0.25) is 4.79 Å². The van der Waals surface area contributed by atoms with Crippen LogP contribution in [-0.4, -0.2) is 36.5 Å². The standard InChI is InChI=1S/C21H27N3O/c22-15-18-8-10-19(11-9-18)21(25)24(16-20-7-4-13-23-20)14-12-17-5-2-1-3-6-17/h1-3,5-6,8-11,20,23H,4,7,12-16,22H2/t20-/m0/s1. The molecule has 0 unspecified atom stereocenters. The Morgan fingerprint density at radius 3 is 2.48 bits per heavy atom. The molecule has 1 atom stereocenters. The fourth-order valence-electron chi connectivity index (χ4n) is 3.33. The van der Waals surface area contributed by atoms with E-state index in [1.165, 1.54) is 12.0 Å². The lowest BCUT2D eigenvalue weighted by atomic mass is 10.1. The van der Waals surface area contributed by atoms with Crippen LogP contribution in [0, 0.1) is 0 Å². The lowest BCUT2D eigenvalue weighted by Gasteiger charge is -2.26. The zero-order valence-corrected chi connectivity index (χ0v) is 14.7. The van der Waals surface area contributed by atoms with Crippen molar-refractivity contribution in [1.29, 1.82) is 0 Å². The highest BCUT2D eigenvalue weighted by Crippen LogP contribution is 2.13. The van der Waals surface area contributed by atoms with Crippen LogP contribution in [0.15, 0.2) is 54.6 Å². The molecule has 0 aromatic heterocycles. The Bertz CT molecular complexity index is 663. The lowest BCUT2D eigenvalue weighted by molar-refractivity contribution is 0.0744. The van der Waals surface area contributed by atoms with Gasteiger partial charge in [-0.05, 0) is 49.1 Å². The molecule has 1 saturated heterocycles. The topological polar surface area (TPSA) is 58.4 Å². The quantitative estimate of drug-likeness (QED) is 0.816. The van der Waals surface area contributed by atoms with E-state index in [0.29, 0.717) is 12.6 Å². The molecule has 0 spiro atoms. The van der Waals surface area contributed by atoms with Crippen molar-refractivity contribution >= 4 is 5.91 Å². The van der Waals surface area contributed by atoms with Crippen molar-refractivity contribution in [3.8, 4) is 0 Å². The molecule has 1 fully saturated rings. The molecule has 4 heteroatoms. The average molecular weight is 337 g/mol. The molecule has 25 heavy (non-hydrogen) atoms. The molecule has 132 valence electrons. The van der Waals surface area contributed by atoms with Gasteiger partial charge in [0, 0.05) is 31.2 Å². The summed E-state index contributed by atoms with van der Waals surface area (Å²) in [6.45, 7) is 3.05. The zero-order chi connectivity index (χ0) is 17.5. The lowest BCUT2D eigenvalue weighted by Crippen LogP contribution is -2.42. The summed E-state index contributed by atoms with van der Waals surface area (Å²) in [5.41, 5.74) is 8.70. The molecule has 2 aromatic rings. The molecule has 0 aliphatic carbocycles. The van der Waals surface area contributed by atoms with Crippen molar-refractivity contribution in [3.63, 3.8) is 0 Å². The van der Waals surface area contributed by atoms with Crippen molar-refractivity contribution in [2.24, 2.45) is 5.73 Å². The second-order valence-electron chi connectivity index (χ2n) is 6.68. The maximum Gasteiger partial charge on any atom is 0.253 e. The van der Waals surface area contributed by atoms with Crippen LogP contribution in [-0.2, 0) is 13.0 Å². The van der Waals surface area contributed by atoms with Gasteiger partial charge in [0.1, 0.15) is 0 Å². The summed E-state index contributed by atoms with van der Waals surface area (Å²) < 4.78 is 0. The summed E-state index contributed by atoms with van der Waals surface area (Å²) >= 11 is 0. The monoisotopic (exact) mass is 337 g/mol. The van der Waals surface area contributed by atoms with Crippen LogP contribution in [0.3, 0.4) is 0 Å². The Labute approximate surface area is 150 Å². The highest BCUT2D eigenvalue weighted by molar-refractivity contribution is 5.94. The summed E-state index contributed by atoms with van der Waals surface area (Å²) in [5, 5.41) is 3.50. The third-order valence-electron chi connectivity index (χ3n) is 4.84. The van der Waals surface area contributed by atoms with E-state index in [-0.39, 0.29) is 5.91 Å². The minimum absolute atomic E-state index is 0.105.